The first-order chi connectivity index (χ1) is 9.58. The second kappa shape index (κ2) is 5.99. The van der Waals surface area contributed by atoms with E-state index in [0.717, 1.165) is 11.3 Å². The molecule has 0 saturated carbocycles. The summed E-state index contributed by atoms with van der Waals surface area (Å²) in [6, 6.07) is 6.56. The number of benzene rings is 1. The minimum atomic E-state index is -0.746. The quantitative estimate of drug-likeness (QED) is 0.658. The maximum Gasteiger partial charge on any atom is 0.316 e. The number of primary amides is 1. The molecule has 6 heteroatoms. The highest BCUT2D eigenvalue weighted by molar-refractivity contribution is 7.14. The van der Waals surface area contributed by atoms with E-state index in [9.17, 15) is 14.0 Å². The Bertz CT molecular complexity index is 711. The Morgan fingerprint density at radius 2 is 2.00 bits per heavy atom. The number of urea groups is 1. The molecule has 0 aliphatic carbocycles. The van der Waals surface area contributed by atoms with E-state index < -0.39 is 6.03 Å². The van der Waals surface area contributed by atoms with Crippen LogP contribution in [0.25, 0.3) is 0 Å². The van der Waals surface area contributed by atoms with Crippen LogP contribution in [-0.2, 0) is 0 Å². The molecule has 2 rings (SSSR count). The number of hydrogen-bond donors (Lipinski definition) is 2. The molecule has 0 atom stereocenters. The average molecular weight is 288 g/mol. The van der Waals surface area contributed by atoms with E-state index in [1.54, 1.807) is 18.2 Å². The molecule has 2 amide bonds. The molecule has 0 aliphatic rings. The van der Waals surface area contributed by atoms with Crippen molar-refractivity contribution in [2.75, 3.05) is 5.32 Å². The number of hydrogen-bond acceptors (Lipinski definition) is 3. The molecule has 0 saturated heterocycles. The van der Waals surface area contributed by atoms with Crippen molar-refractivity contribution in [3.8, 4) is 11.8 Å². The summed E-state index contributed by atoms with van der Waals surface area (Å²) >= 11 is 1.14. The van der Waals surface area contributed by atoms with E-state index >= 15 is 0 Å². The zero-order valence-corrected chi connectivity index (χ0v) is 11.0. The van der Waals surface area contributed by atoms with Gasteiger partial charge in [-0.25, -0.2) is 9.18 Å². The summed E-state index contributed by atoms with van der Waals surface area (Å²) in [5.74, 6) is 5.35. The lowest BCUT2D eigenvalue weighted by molar-refractivity contribution is 0.112. The van der Waals surface area contributed by atoms with E-state index in [1.165, 1.54) is 12.1 Å². The Morgan fingerprint density at radius 3 is 2.60 bits per heavy atom. The average Bonchev–Trinajstić information content (AvgIpc) is 2.79. The summed E-state index contributed by atoms with van der Waals surface area (Å²) in [4.78, 5) is 22.6. The molecule has 0 radical (unpaired) electrons. The molecule has 0 fully saturated rings. The Hall–Kier alpha value is -2.65. The summed E-state index contributed by atoms with van der Waals surface area (Å²) in [5, 5.41) is 2.35. The maximum atomic E-state index is 12.7. The lowest BCUT2D eigenvalue weighted by Crippen LogP contribution is -2.19. The third-order valence-electron chi connectivity index (χ3n) is 2.30. The van der Waals surface area contributed by atoms with Crippen LogP contribution >= 0.6 is 11.3 Å². The molecule has 0 unspecified atom stereocenters. The normalized spacial score (nSPS) is 9.45. The fraction of sp³-hybridized carbons (Fsp3) is 0. The molecule has 0 spiro atoms. The molecule has 100 valence electrons. The van der Waals surface area contributed by atoms with Gasteiger partial charge < -0.3 is 11.1 Å². The van der Waals surface area contributed by atoms with E-state index in [0.29, 0.717) is 27.3 Å². The third-order valence-corrected chi connectivity index (χ3v) is 3.28. The summed E-state index contributed by atoms with van der Waals surface area (Å²) in [6.07, 6.45) is 0.624. The number of thiophene rings is 1. The molecule has 2 aromatic rings. The predicted octanol–water partition coefficient (Wildman–Crippen LogP) is 2.59. The van der Waals surface area contributed by atoms with Crippen molar-refractivity contribution in [1.82, 2.24) is 0 Å². The Morgan fingerprint density at radius 1 is 1.30 bits per heavy atom. The predicted molar refractivity (Wildman–Crippen MR) is 75.3 cm³/mol. The standard InChI is InChI=1S/C14H9FN2O2S/c15-10-4-1-9(2-5-10)3-6-11-7-12(17-14(16)19)13(8-18)20-11/h1-2,4-5,7-8H,(H3,16,17,19). The molecule has 1 heterocycles. The van der Waals surface area contributed by atoms with E-state index in [1.807, 2.05) is 0 Å². The number of amides is 2. The van der Waals surface area contributed by atoms with Crippen molar-refractivity contribution < 1.29 is 14.0 Å². The van der Waals surface area contributed by atoms with Crippen molar-refractivity contribution in [3.63, 3.8) is 0 Å². The molecule has 0 aliphatic heterocycles. The van der Waals surface area contributed by atoms with Gasteiger partial charge in [0.1, 0.15) is 5.82 Å². The fourth-order valence-electron chi connectivity index (χ4n) is 1.45. The van der Waals surface area contributed by atoms with Crippen molar-refractivity contribution in [1.29, 1.82) is 0 Å². The zero-order chi connectivity index (χ0) is 14.5. The van der Waals surface area contributed by atoms with E-state index in [2.05, 4.69) is 17.2 Å². The van der Waals surface area contributed by atoms with Crippen molar-refractivity contribution in [3.05, 3.63) is 51.5 Å². The van der Waals surface area contributed by atoms with Gasteiger partial charge in [0.05, 0.1) is 15.4 Å². The number of carbonyl (C=O) groups is 2. The highest BCUT2D eigenvalue weighted by atomic mass is 32.1. The summed E-state index contributed by atoms with van der Waals surface area (Å²) in [7, 11) is 0. The van der Waals surface area contributed by atoms with Crippen LogP contribution in [0.15, 0.2) is 30.3 Å². The lowest BCUT2D eigenvalue weighted by atomic mass is 10.2. The van der Waals surface area contributed by atoms with Gasteiger partial charge in [-0.05, 0) is 30.3 Å². The molecular formula is C14H9FN2O2S. The lowest BCUT2D eigenvalue weighted by Gasteiger charge is -1.96. The summed E-state index contributed by atoms with van der Waals surface area (Å²) < 4.78 is 12.7. The minimum absolute atomic E-state index is 0.331. The monoisotopic (exact) mass is 288 g/mol. The summed E-state index contributed by atoms with van der Waals surface area (Å²) in [5.41, 5.74) is 5.99. The van der Waals surface area contributed by atoms with Gasteiger partial charge in [0, 0.05) is 5.56 Å². The molecule has 3 N–H and O–H groups in total. The number of nitrogens with one attached hydrogen (secondary N) is 1. The first-order valence-electron chi connectivity index (χ1n) is 5.51. The van der Waals surface area contributed by atoms with Gasteiger partial charge in [-0.2, -0.15) is 0 Å². The Labute approximate surface area is 118 Å². The highest BCUT2D eigenvalue weighted by Gasteiger charge is 2.08. The van der Waals surface area contributed by atoms with Crippen molar-refractivity contribution >= 4 is 29.3 Å². The largest absolute Gasteiger partial charge is 0.351 e. The number of aldehydes is 1. The molecule has 1 aromatic carbocycles. The SMILES string of the molecule is NC(=O)Nc1cc(C#Cc2ccc(F)cc2)sc1C=O. The Balaban J connectivity index is 2.26. The van der Waals surface area contributed by atoms with Crippen LogP contribution in [0.4, 0.5) is 14.9 Å². The second-order valence-electron chi connectivity index (χ2n) is 3.75. The highest BCUT2D eigenvalue weighted by Crippen LogP contribution is 2.24. The van der Waals surface area contributed by atoms with Crippen LogP contribution in [-0.4, -0.2) is 12.3 Å². The van der Waals surface area contributed by atoms with E-state index in [4.69, 9.17) is 5.73 Å². The topological polar surface area (TPSA) is 72.2 Å². The zero-order valence-electron chi connectivity index (χ0n) is 10.1. The van der Waals surface area contributed by atoms with Gasteiger partial charge >= 0.3 is 6.03 Å². The minimum Gasteiger partial charge on any atom is -0.351 e. The number of rotatable bonds is 2. The number of anilines is 1. The van der Waals surface area contributed by atoms with Gasteiger partial charge in [-0.3, -0.25) is 4.79 Å². The molecular weight excluding hydrogens is 279 g/mol. The van der Waals surface area contributed by atoms with Crippen LogP contribution in [0.5, 0.6) is 0 Å². The number of halogens is 1. The van der Waals surface area contributed by atoms with Crippen LogP contribution < -0.4 is 11.1 Å². The molecule has 20 heavy (non-hydrogen) atoms. The van der Waals surface area contributed by atoms with Crippen molar-refractivity contribution in [2.45, 2.75) is 0 Å². The molecule has 4 nitrogen and oxygen atoms in total. The van der Waals surface area contributed by atoms with Gasteiger partial charge in [0.2, 0.25) is 0 Å². The smallest absolute Gasteiger partial charge is 0.316 e. The Kier molecular flexibility index (Phi) is 4.13. The third kappa shape index (κ3) is 3.43. The molecule has 0 bridgehead atoms. The van der Waals surface area contributed by atoms with Crippen LogP contribution in [0.1, 0.15) is 20.1 Å². The van der Waals surface area contributed by atoms with E-state index in [-0.39, 0.29) is 5.82 Å². The first kappa shape index (κ1) is 13.8. The fourth-order valence-corrected chi connectivity index (χ4v) is 2.24. The second-order valence-corrected chi connectivity index (χ2v) is 4.84. The van der Waals surface area contributed by atoms with Crippen LogP contribution in [0, 0.1) is 17.7 Å². The summed E-state index contributed by atoms with van der Waals surface area (Å²) in [6.45, 7) is 0. The van der Waals surface area contributed by atoms with Crippen molar-refractivity contribution in [2.24, 2.45) is 5.73 Å². The van der Waals surface area contributed by atoms with Gasteiger partial charge in [-0.15, -0.1) is 11.3 Å². The van der Waals surface area contributed by atoms with Crippen LogP contribution in [0.2, 0.25) is 0 Å². The van der Waals surface area contributed by atoms with Crippen LogP contribution in [0.3, 0.4) is 0 Å². The number of carbonyl (C=O) groups excluding carboxylic acids is 2. The van der Waals surface area contributed by atoms with Gasteiger partial charge in [0.25, 0.3) is 0 Å². The van der Waals surface area contributed by atoms with Gasteiger partial charge in [-0.1, -0.05) is 11.8 Å². The maximum absolute atomic E-state index is 12.7. The number of nitrogens with two attached hydrogens (primary N) is 1. The first-order valence-corrected chi connectivity index (χ1v) is 6.33. The van der Waals surface area contributed by atoms with Gasteiger partial charge in [0.15, 0.2) is 6.29 Å². The molecule has 1 aromatic heterocycles.